The van der Waals surface area contributed by atoms with Gasteiger partial charge >= 0.3 is 0 Å². The Hall–Kier alpha value is -3.46. The average molecular weight is 534 g/mol. The number of rotatable bonds is 5. The number of anilines is 2. The summed E-state index contributed by atoms with van der Waals surface area (Å²) >= 11 is 12.5. The molecule has 0 aliphatic carbocycles. The monoisotopic (exact) mass is 533 g/mol. The number of hydrogen-bond donors (Lipinski definition) is 1. The van der Waals surface area contributed by atoms with E-state index in [1.165, 1.54) is 9.80 Å². The van der Waals surface area contributed by atoms with Crippen molar-refractivity contribution in [3.63, 3.8) is 0 Å². The summed E-state index contributed by atoms with van der Waals surface area (Å²) in [4.78, 5) is 43.0. The SMILES string of the molecule is Cc1ccc(CN2C(=O)C(=C3C(=O)N(CC(=O)Nc4ccc(Cl)cc4)c4ccccc43)SC2=S)cc1. The lowest BCUT2D eigenvalue weighted by Gasteiger charge is -2.17. The molecule has 0 bridgehead atoms. The van der Waals surface area contributed by atoms with E-state index in [-0.39, 0.29) is 28.8 Å². The molecule has 0 unspecified atom stereocenters. The summed E-state index contributed by atoms with van der Waals surface area (Å²) in [6, 6.07) is 21.7. The van der Waals surface area contributed by atoms with E-state index in [4.69, 9.17) is 23.8 Å². The minimum atomic E-state index is -0.404. The molecule has 3 amide bonds. The molecule has 1 saturated heterocycles. The first-order valence-electron chi connectivity index (χ1n) is 11.1. The van der Waals surface area contributed by atoms with Gasteiger partial charge in [-0.25, -0.2) is 0 Å². The fraction of sp³-hybridized carbons (Fsp3) is 0.111. The normalized spacial score (nSPS) is 17.1. The smallest absolute Gasteiger partial charge is 0.267 e. The van der Waals surface area contributed by atoms with Gasteiger partial charge in [-0.2, -0.15) is 0 Å². The van der Waals surface area contributed by atoms with Gasteiger partial charge in [-0.3, -0.25) is 24.2 Å². The van der Waals surface area contributed by atoms with Crippen molar-refractivity contribution >= 4 is 74.6 Å². The molecule has 2 aliphatic rings. The Morgan fingerprint density at radius 2 is 1.64 bits per heavy atom. The second-order valence-corrected chi connectivity index (χ2v) is 10.5. The first kappa shape index (κ1) is 24.2. The molecule has 0 radical (unpaired) electrons. The summed E-state index contributed by atoms with van der Waals surface area (Å²) in [5, 5.41) is 3.33. The molecule has 2 heterocycles. The maximum atomic E-state index is 13.6. The molecule has 0 atom stereocenters. The van der Waals surface area contributed by atoms with E-state index in [1.54, 1.807) is 48.5 Å². The number of halogens is 1. The minimum Gasteiger partial charge on any atom is -0.325 e. The summed E-state index contributed by atoms with van der Waals surface area (Å²) in [5.74, 6) is -1.08. The first-order valence-corrected chi connectivity index (χ1v) is 12.7. The third-order valence-corrected chi connectivity index (χ3v) is 7.59. The molecule has 3 aromatic carbocycles. The van der Waals surface area contributed by atoms with Gasteiger partial charge in [-0.15, -0.1) is 0 Å². The Kier molecular flexibility index (Phi) is 6.66. The van der Waals surface area contributed by atoms with Crippen molar-refractivity contribution in [3.05, 3.63) is 99.4 Å². The molecule has 180 valence electrons. The van der Waals surface area contributed by atoms with E-state index in [0.717, 1.165) is 22.9 Å². The third kappa shape index (κ3) is 4.67. The minimum absolute atomic E-state index is 0.203. The van der Waals surface area contributed by atoms with Gasteiger partial charge < -0.3 is 5.32 Å². The van der Waals surface area contributed by atoms with Crippen LogP contribution in [0.25, 0.3) is 5.57 Å². The maximum absolute atomic E-state index is 13.6. The fourth-order valence-electron chi connectivity index (χ4n) is 4.10. The third-order valence-electron chi connectivity index (χ3n) is 5.89. The summed E-state index contributed by atoms with van der Waals surface area (Å²) in [5.41, 5.74) is 4.10. The molecule has 1 N–H and O–H groups in total. The number of nitrogens with zero attached hydrogens (tertiary/aromatic N) is 2. The lowest BCUT2D eigenvalue weighted by Crippen LogP contribution is -2.35. The molecule has 1 fully saturated rings. The molecule has 0 aromatic heterocycles. The van der Waals surface area contributed by atoms with Crippen molar-refractivity contribution in [2.45, 2.75) is 13.5 Å². The van der Waals surface area contributed by atoms with Crippen LogP contribution >= 0.6 is 35.6 Å². The second kappa shape index (κ2) is 9.89. The highest BCUT2D eigenvalue weighted by Gasteiger charge is 2.42. The van der Waals surface area contributed by atoms with Gasteiger partial charge in [-0.05, 0) is 42.8 Å². The number of amides is 3. The van der Waals surface area contributed by atoms with Crippen molar-refractivity contribution in [2.75, 3.05) is 16.8 Å². The van der Waals surface area contributed by atoms with Crippen LogP contribution in [0.1, 0.15) is 16.7 Å². The molecule has 6 nitrogen and oxygen atoms in total. The number of fused-ring (bicyclic) bond motifs is 1. The first-order chi connectivity index (χ1) is 17.3. The fourth-order valence-corrected chi connectivity index (χ4v) is 5.55. The topological polar surface area (TPSA) is 69.7 Å². The highest BCUT2D eigenvalue weighted by molar-refractivity contribution is 8.26. The summed E-state index contributed by atoms with van der Waals surface area (Å²) < 4.78 is 0.396. The van der Waals surface area contributed by atoms with Crippen LogP contribution in [0.2, 0.25) is 5.02 Å². The molecule has 2 aliphatic heterocycles. The van der Waals surface area contributed by atoms with Crippen molar-refractivity contribution in [2.24, 2.45) is 0 Å². The second-order valence-electron chi connectivity index (χ2n) is 8.41. The van der Waals surface area contributed by atoms with Gasteiger partial charge in [0.25, 0.3) is 11.8 Å². The number of carbonyl (C=O) groups is 3. The van der Waals surface area contributed by atoms with Crippen LogP contribution in [0.3, 0.4) is 0 Å². The van der Waals surface area contributed by atoms with E-state index in [1.807, 2.05) is 31.2 Å². The molecular formula is C27H20ClN3O3S2. The van der Waals surface area contributed by atoms with Crippen molar-refractivity contribution in [3.8, 4) is 0 Å². The number of benzene rings is 3. The van der Waals surface area contributed by atoms with Crippen LogP contribution in [0.15, 0.2) is 77.7 Å². The molecule has 0 spiro atoms. The molecule has 36 heavy (non-hydrogen) atoms. The van der Waals surface area contributed by atoms with Gasteiger partial charge in [-0.1, -0.05) is 83.6 Å². The van der Waals surface area contributed by atoms with Crippen molar-refractivity contribution < 1.29 is 14.4 Å². The maximum Gasteiger partial charge on any atom is 0.267 e. The summed E-state index contributed by atoms with van der Waals surface area (Å²) in [6.45, 7) is 2.12. The van der Waals surface area contributed by atoms with Gasteiger partial charge in [0.15, 0.2) is 0 Å². The quantitative estimate of drug-likeness (QED) is 0.351. The zero-order valence-corrected chi connectivity index (χ0v) is 21.5. The van der Waals surface area contributed by atoms with E-state index >= 15 is 0 Å². The number of hydrogen-bond acceptors (Lipinski definition) is 5. The Bertz CT molecular complexity index is 1440. The number of nitrogens with one attached hydrogen (secondary N) is 1. The number of thiocarbonyl (C=S) groups is 1. The highest BCUT2D eigenvalue weighted by Crippen LogP contribution is 2.44. The van der Waals surface area contributed by atoms with Crippen molar-refractivity contribution in [1.82, 2.24) is 4.90 Å². The standard InChI is InChI=1S/C27H20ClN3O3S2/c1-16-6-8-17(9-7-16)14-31-26(34)24(36-27(31)35)23-20-4-2-3-5-21(20)30(25(23)33)15-22(32)29-19-12-10-18(28)11-13-19/h2-13H,14-15H2,1H3,(H,29,32). The van der Waals surface area contributed by atoms with E-state index in [9.17, 15) is 14.4 Å². The van der Waals surface area contributed by atoms with Gasteiger partial charge in [0.1, 0.15) is 10.9 Å². The van der Waals surface area contributed by atoms with Crippen molar-refractivity contribution in [1.29, 1.82) is 0 Å². The number of aryl methyl sites for hydroxylation is 1. The number of para-hydroxylation sites is 1. The molecular weight excluding hydrogens is 514 g/mol. The van der Waals surface area contributed by atoms with Gasteiger partial charge in [0.2, 0.25) is 5.91 Å². The average Bonchev–Trinajstić information content (AvgIpc) is 3.29. The Balaban J connectivity index is 1.42. The van der Waals surface area contributed by atoms with Crippen LogP contribution in [0.5, 0.6) is 0 Å². The van der Waals surface area contributed by atoms with Crippen LogP contribution in [-0.2, 0) is 20.9 Å². The van der Waals surface area contributed by atoms with Gasteiger partial charge in [0.05, 0.1) is 22.7 Å². The van der Waals surface area contributed by atoms with Gasteiger partial charge in [0, 0.05) is 16.3 Å². The zero-order valence-electron chi connectivity index (χ0n) is 19.2. The largest absolute Gasteiger partial charge is 0.325 e. The lowest BCUT2D eigenvalue weighted by molar-refractivity contribution is -0.122. The predicted octanol–water partition coefficient (Wildman–Crippen LogP) is 5.41. The highest BCUT2D eigenvalue weighted by atomic mass is 35.5. The van der Waals surface area contributed by atoms with E-state index < -0.39 is 5.91 Å². The number of carbonyl (C=O) groups excluding carboxylic acids is 3. The van der Waals surface area contributed by atoms with Crippen LogP contribution in [0, 0.1) is 6.92 Å². The van der Waals surface area contributed by atoms with E-state index in [0.29, 0.717) is 32.8 Å². The Morgan fingerprint density at radius 3 is 2.36 bits per heavy atom. The molecule has 9 heteroatoms. The molecule has 3 aromatic rings. The Morgan fingerprint density at radius 1 is 0.944 bits per heavy atom. The molecule has 5 rings (SSSR count). The molecule has 0 saturated carbocycles. The lowest BCUT2D eigenvalue weighted by atomic mass is 10.1. The number of thioether (sulfide) groups is 1. The van der Waals surface area contributed by atoms with E-state index in [2.05, 4.69) is 5.32 Å². The van der Waals surface area contributed by atoms with Crippen LogP contribution in [0.4, 0.5) is 11.4 Å². The Labute approximate surface area is 222 Å². The predicted molar refractivity (Wildman–Crippen MR) is 148 cm³/mol. The zero-order chi connectivity index (χ0) is 25.4. The van der Waals surface area contributed by atoms with Crippen LogP contribution < -0.4 is 10.2 Å². The summed E-state index contributed by atoms with van der Waals surface area (Å²) in [6.07, 6.45) is 0. The van der Waals surface area contributed by atoms with Crippen LogP contribution in [-0.4, -0.2) is 33.5 Å². The summed E-state index contributed by atoms with van der Waals surface area (Å²) in [7, 11) is 0.